The fourth-order valence-electron chi connectivity index (χ4n) is 3.34. The normalized spacial score (nSPS) is 23.9. The lowest BCUT2D eigenvalue weighted by Gasteiger charge is -2.28. The van der Waals surface area contributed by atoms with Gasteiger partial charge in [-0.25, -0.2) is 0 Å². The highest BCUT2D eigenvalue weighted by Gasteiger charge is 2.43. The topological polar surface area (TPSA) is 76.1 Å². The quantitative estimate of drug-likeness (QED) is 0.895. The van der Waals surface area contributed by atoms with Crippen LogP contribution in [0, 0.1) is 0 Å². The summed E-state index contributed by atoms with van der Waals surface area (Å²) in [4.78, 5) is 26.1. The molecule has 1 aromatic carbocycles. The molecule has 1 saturated heterocycles. The maximum absolute atomic E-state index is 12.5. The average Bonchev–Trinajstić information content (AvgIpc) is 3.17. The van der Waals surface area contributed by atoms with Crippen molar-refractivity contribution in [2.24, 2.45) is 0 Å². The second-order valence-corrected chi connectivity index (χ2v) is 6.09. The van der Waals surface area contributed by atoms with Gasteiger partial charge in [0.2, 0.25) is 0 Å². The SMILES string of the molecule is COc1ccc([C@H]2C(C(C)=O)=C(O)C(=O)N2C[C@@H]2CCCO2)cc1. The molecule has 1 N–H and O–H groups in total. The van der Waals surface area contributed by atoms with Crippen LogP contribution in [0.5, 0.6) is 5.75 Å². The predicted octanol–water partition coefficient (Wildman–Crippen LogP) is 2.16. The second-order valence-electron chi connectivity index (χ2n) is 6.09. The fraction of sp³-hybridized carbons (Fsp3) is 0.444. The first-order valence-electron chi connectivity index (χ1n) is 8.03. The van der Waals surface area contributed by atoms with Crippen LogP contribution < -0.4 is 4.74 Å². The van der Waals surface area contributed by atoms with E-state index in [9.17, 15) is 14.7 Å². The third kappa shape index (κ3) is 2.89. The number of aliphatic hydroxyl groups is 1. The lowest BCUT2D eigenvalue weighted by molar-refractivity contribution is -0.131. The van der Waals surface area contributed by atoms with Gasteiger partial charge in [-0.05, 0) is 37.5 Å². The predicted molar refractivity (Wildman–Crippen MR) is 86.8 cm³/mol. The van der Waals surface area contributed by atoms with Crippen molar-refractivity contribution in [1.82, 2.24) is 4.90 Å². The van der Waals surface area contributed by atoms with Crippen LogP contribution in [0.25, 0.3) is 0 Å². The van der Waals surface area contributed by atoms with Gasteiger partial charge in [-0.3, -0.25) is 9.59 Å². The van der Waals surface area contributed by atoms with E-state index in [2.05, 4.69) is 0 Å². The number of methoxy groups -OCH3 is 1. The lowest BCUT2D eigenvalue weighted by Crippen LogP contribution is -2.37. The largest absolute Gasteiger partial charge is 0.503 e. The summed E-state index contributed by atoms with van der Waals surface area (Å²) < 4.78 is 10.8. The van der Waals surface area contributed by atoms with Crippen molar-refractivity contribution in [2.45, 2.75) is 31.9 Å². The Bertz CT molecular complexity index is 673. The van der Waals surface area contributed by atoms with E-state index in [1.807, 2.05) is 0 Å². The molecule has 2 heterocycles. The van der Waals surface area contributed by atoms with Crippen molar-refractivity contribution in [3.8, 4) is 5.75 Å². The molecule has 0 aliphatic carbocycles. The van der Waals surface area contributed by atoms with Gasteiger partial charge in [0.25, 0.3) is 5.91 Å². The number of ketones is 1. The third-order valence-corrected chi connectivity index (χ3v) is 4.54. The van der Waals surface area contributed by atoms with Crippen LogP contribution >= 0.6 is 0 Å². The lowest BCUT2D eigenvalue weighted by atomic mass is 9.96. The summed E-state index contributed by atoms with van der Waals surface area (Å²) in [5, 5.41) is 10.2. The number of rotatable bonds is 5. The second kappa shape index (κ2) is 6.65. The van der Waals surface area contributed by atoms with Crippen molar-refractivity contribution in [2.75, 3.05) is 20.3 Å². The summed E-state index contributed by atoms with van der Waals surface area (Å²) in [6, 6.07) is 6.57. The summed E-state index contributed by atoms with van der Waals surface area (Å²) in [6.45, 7) is 2.40. The molecule has 0 saturated carbocycles. The number of nitrogens with zero attached hydrogens (tertiary/aromatic N) is 1. The molecule has 24 heavy (non-hydrogen) atoms. The van der Waals surface area contributed by atoms with E-state index < -0.39 is 17.7 Å². The molecule has 0 spiro atoms. The minimum absolute atomic E-state index is 0.0613. The van der Waals surface area contributed by atoms with Crippen molar-refractivity contribution in [1.29, 1.82) is 0 Å². The van der Waals surface area contributed by atoms with Gasteiger partial charge in [-0.1, -0.05) is 12.1 Å². The van der Waals surface area contributed by atoms with E-state index in [1.165, 1.54) is 11.8 Å². The molecule has 1 aromatic rings. The molecule has 1 fully saturated rings. The molecule has 0 radical (unpaired) electrons. The molecule has 2 aliphatic heterocycles. The molecule has 1 amide bonds. The zero-order chi connectivity index (χ0) is 17.3. The Balaban J connectivity index is 1.96. The minimum atomic E-state index is -0.592. The Kier molecular flexibility index (Phi) is 4.57. The maximum Gasteiger partial charge on any atom is 0.290 e. The summed E-state index contributed by atoms with van der Waals surface area (Å²) in [6.07, 6.45) is 1.77. The first-order valence-corrected chi connectivity index (χ1v) is 8.03. The molecule has 0 bridgehead atoms. The molecule has 128 valence electrons. The number of benzene rings is 1. The molecular weight excluding hydrogens is 310 g/mol. The molecule has 6 heteroatoms. The number of Topliss-reactive ketones (excluding diaryl/α,β-unsaturated/α-hetero) is 1. The third-order valence-electron chi connectivity index (χ3n) is 4.54. The van der Waals surface area contributed by atoms with Crippen LogP contribution in [0.3, 0.4) is 0 Å². The molecule has 0 aromatic heterocycles. The molecular formula is C18H21NO5. The molecule has 2 aliphatic rings. The van der Waals surface area contributed by atoms with Gasteiger partial charge in [0, 0.05) is 13.2 Å². The number of aliphatic hydroxyl groups excluding tert-OH is 1. The number of amides is 1. The minimum Gasteiger partial charge on any atom is -0.503 e. The standard InChI is InChI=1S/C18H21NO5/c1-11(20)15-16(12-5-7-13(23-2)8-6-12)19(18(22)17(15)21)10-14-4-3-9-24-14/h5-8,14,16,21H,3-4,9-10H2,1-2H3/t14-,16-/m0/s1. The fourth-order valence-corrected chi connectivity index (χ4v) is 3.34. The highest BCUT2D eigenvalue weighted by molar-refractivity contribution is 6.08. The van der Waals surface area contributed by atoms with E-state index in [0.717, 1.165) is 18.4 Å². The van der Waals surface area contributed by atoms with Gasteiger partial charge < -0.3 is 19.5 Å². The number of ether oxygens (including phenoxy) is 2. The molecule has 0 unspecified atom stereocenters. The van der Waals surface area contributed by atoms with Crippen molar-refractivity contribution >= 4 is 11.7 Å². The van der Waals surface area contributed by atoms with Crippen LogP contribution in [-0.2, 0) is 14.3 Å². The Hall–Kier alpha value is -2.34. The van der Waals surface area contributed by atoms with Gasteiger partial charge in [0.1, 0.15) is 5.75 Å². The van der Waals surface area contributed by atoms with Crippen LogP contribution in [0.15, 0.2) is 35.6 Å². The summed E-state index contributed by atoms with van der Waals surface area (Å²) in [7, 11) is 1.57. The molecule has 3 rings (SSSR count). The Morgan fingerprint density at radius 2 is 2.08 bits per heavy atom. The van der Waals surface area contributed by atoms with Crippen LogP contribution in [0.2, 0.25) is 0 Å². The van der Waals surface area contributed by atoms with Gasteiger partial charge in [-0.2, -0.15) is 0 Å². The van der Waals surface area contributed by atoms with Crippen LogP contribution in [0.1, 0.15) is 31.4 Å². The maximum atomic E-state index is 12.5. The van der Waals surface area contributed by atoms with E-state index in [0.29, 0.717) is 18.9 Å². The Morgan fingerprint density at radius 1 is 1.38 bits per heavy atom. The van der Waals surface area contributed by atoms with Crippen molar-refractivity contribution < 1.29 is 24.2 Å². The van der Waals surface area contributed by atoms with Gasteiger partial charge in [0.15, 0.2) is 11.5 Å². The Morgan fingerprint density at radius 3 is 2.62 bits per heavy atom. The number of carbonyl (C=O) groups excluding carboxylic acids is 2. The highest BCUT2D eigenvalue weighted by atomic mass is 16.5. The Labute approximate surface area is 140 Å². The van der Waals surface area contributed by atoms with E-state index in [1.54, 1.807) is 31.4 Å². The number of hydrogen-bond donors (Lipinski definition) is 1. The molecule has 6 nitrogen and oxygen atoms in total. The zero-order valence-electron chi connectivity index (χ0n) is 13.8. The van der Waals surface area contributed by atoms with E-state index in [4.69, 9.17) is 9.47 Å². The smallest absolute Gasteiger partial charge is 0.290 e. The van der Waals surface area contributed by atoms with Gasteiger partial charge in [-0.15, -0.1) is 0 Å². The zero-order valence-corrected chi connectivity index (χ0v) is 13.8. The summed E-state index contributed by atoms with van der Waals surface area (Å²) in [5.41, 5.74) is 0.902. The highest BCUT2D eigenvalue weighted by Crippen LogP contribution is 2.38. The van der Waals surface area contributed by atoms with Crippen LogP contribution in [0.4, 0.5) is 0 Å². The van der Waals surface area contributed by atoms with Crippen molar-refractivity contribution in [3.63, 3.8) is 0 Å². The van der Waals surface area contributed by atoms with Gasteiger partial charge >= 0.3 is 0 Å². The average molecular weight is 331 g/mol. The summed E-state index contributed by atoms with van der Waals surface area (Å²) >= 11 is 0. The van der Waals surface area contributed by atoms with Gasteiger partial charge in [0.05, 0.1) is 24.8 Å². The molecule has 2 atom stereocenters. The first-order chi connectivity index (χ1) is 11.5. The monoisotopic (exact) mass is 331 g/mol. The first kappa shape index (κ1) is 16.5. The van der Waals surface area contributed by atoms with E-state index in [-0.39, 0.29) is 17.5 Å². The van der Waals surface area contributed by atoms with Crippen molar-refractivity contribution in [3.05, 3.63) is 41.2 Å². The van der Waals surface area contributed by atoms with Crippen LogP contribution in [-0.4, -0.2) is 48.1 Å². The van der Waals surface area contributed by atoms with E-state index >= 15 is 0 Å². The number of hydrogen-bond acceptors (Lipinski definition) is 5. The summed E-state index contributed by atoms with van der Waals surface area (Å²) in [5.74, 6) is -0.597. The number of carbonyl (C=O) groups is 2.